The first kappa shape index (κ1) is 28.0. The third-order valence-corrected chi connectivity index (χ3v) is 12.5. The smallest absolute Gasteiger partial charge is 0.0440 e. The lowest BCUT2D eigenvalue weighted by molar-refractivity contribution is 0.590. The van der Waals surface area contributed by atoms with Crippen LogP contribution in [-0.4, -0.2) is 0 Å². The van der Waals surface area contributed by atoms with Gasteiger partial charge in [-0.3, -0.25) is 0 Å². The molecule has 0 radical (unpaired) electrons. The van der Waals surface area contributed by atoms with Gasteiger partial charge in [0.25, 0.3) is 0 Å². The molecule has 0 spiro atoms. The molecule has 0 fully saturated rings. The van der Waals surface area contributed by atoms with Crippen molar-refractivity contribution in [1.29, 1.82) is 0 Å². The number of hydrogen-bond acceptors (Lipinski definition) is 2. The Labute approximate surface area is 287 Å². The van der Waals surface area contributed by atoms with Gasteiger partial charge in [0.1, 0.15) is 0 Å². The van der Waals surface area contributed by atoms with Crippen molar-refractivity contribution < 1.29 is 0 Å². The zero-order valence-electron chi connectivity index (χ0n) is 27.1. The molecule has 0 bridgehead atoms. The maximum atomic E-state index is 2.49. The van der Waals surface area contributed by atoms with Crippen molar-refractivity contribution in [2.24, 2.45) is 0 Å². The fourth-order valence-electron chi connectivity index (χ4n) is 7.98. The van der Waals surface area contributed by atoms with Gasteiger partial charge < -0.3 is 0 Å². The Morgan fingerprint density at radius 3 is 1.62 bits per heavy atom. The Kier molecular flexibility index (Phi) is 5.98. The molecule has 2 heterocycles. The molecule has 0 aliphatic heterocycles. The van der Waals surface area contributed by atoms with Gasteiger partial charge >= 0.3 is 0 Å². The lowest BCUT2D eigenvalue weighted by Crippen LogP contribution is -2.10. The molecule has 0 saturated carbocycles. The molecule has 0 amide bonds. The summed E-state index contributed by atoms with van der Waals surface area (Å²) in [6.45, 7) is 6.90. The van der Waals surface area contributed by atoms with Crippen molar-refractivity contribution in [2.75, 3.05) is 0 Å². The third kappa shape index (κ3) is 4.00. The van der Waals surface area contributed by atoms with E-state index < -0.39 is 0 Å². The minimum Gasteiger partial charge on any atom is -0.135 e. The zero-order valence-corrected chi connectivity index (χ0v) is 28.7. The summed E-state index contributed by atoms with van der Waals surface area (Å²) in [6.07, 6.45) is 0. The highest BCUT2D eigenvalue weighted by Gasteiger charge is 2.23. The van der Waals surface area contributed by atoms with E-state index >= 15 is 0 Å². The minimum atomic E-state index is 0.0681. The molecule has 10 aromatic rings. The summed E-state index contributed by atoms with van der Waals surface area (Å²) in [6, 6.07) is 52.5. The standard InChI is InChI=1S/C46H32S2/c1-46(2,3)29-14-12-13-27(25-29)40-30-15-4-6-17-32(30)42(33-18-7-5-16-31(33)40)36-26-28-23-24-39-43(34-19-8-10-21-37(34)47-39)41(28)44-35-20-9-11-22-38(35)48-45(36)44/h4-26H,1-3H3. The third-order valence-electron chi connectivity index (χ3n) is 10.2. The first-order valence-electron chi connectivity index (χ1n) is 16.7. The fraction of sp³-hybridized carbons (Fsp3) is 0.0870. The molecule has 0 atom stereocenters. The monoisotopic (exact) mass is 648 g/mol. The molecule has 0 aliphatic rings. The summed E-state index contributed by atoms with van der Waals surface area (Å²) < 4.78 is 5.40. The molecule has 0 N–H and O–H groups in total. The molecule has 0 nitrogen and oxygen atoms in total. The van der Waals surface area contributed by atoms with Crippen LogP contribution >= 0.6 is 22.7 Å². The average Bonchev–Trinajstić information content (AvgIpc) is 3.69. The molecular weight excluding hydrogens is 617 g/mol. The first-order valence-corrected chi connectivity index (χ1v) is 18.3. The predicted octanol–water partition coefficient (Wildman–Crippen LogP) is 14.5. The van der Waals surface area contributed by atoms with E-state index in [0.29, 0.717) is 0 Å². The van der Waals surface area contributed by atoms with Crippen molar-refractivity contribution in [3.8, 4) is 22.3 Å². The van der Waals surface area contributed by atoms with Crippen molar-refractivity contribution in [3.63, 3.8) is 0 Å². The maximum Gasteiger partial charge on any atom is 0.0440 e. The van der Waals surface area contributed by atoms with E-state index in [2.05, 4.69) is 160 Å². The Morgan fingerprint density at radius 2 is 0.979 bits per heavy atom. The van der Waals surface area contributed by atoms with Gasteiger partial charge in [-0.1, -0.05) is 136 Å². The van der Waals surface area contributed by atoms with Crippen LogP contribution in [0, 0.1) is 0 Å². The highest BCUT2D eigenvalue weighted by Crippen LogP contribution is 2.52. The molecular formula is C46H32S2. The second-order valence-corrected chi connectivity index (χ2v) is 16.2. The highest BCUT2D eigenvalue weighted by molar-refractivity contribution is 7.27. The van der Waals surface area contributed by atoms with E-state index in [4.69, 9.17) is 0 Å². The predicted molar refractivity (Wildman–Crippen MR) is 214 cm³/mol. The molecule has 0 saturated heterocycles. The molecule has 8 aromatic carbocycles. The normalized spacial score (nSPS) is 12.5. The number of rotatable bonds is 2. The van der Waals surface area contributed by atoms with Crippen molar-refractivity contribution >= 4 is 95.3 Å². The summed E-state index contributed by atoms with van der Waals surface area (Å²) >= 11 is 3.84. The maximum absolute atomic E-state index is 2.49. The number of hydrogen-bond donors (Lipinski definition) is 0. The van der Waals surface area contributed by atoms with Crippen LogP contribution in [0.15, 0.2) is 140 Å². The van der Waals surface area contributed by atoms with Crippen LogP contribution in [0.1, 0.15) is 26.3 Å². The van der Waals surface area contributed by atoms with Gasteiger partial charge in [0, 0.05) is 51.3 Å². The van der Waals surface area contributed by atoms with E-state index in [1.807, 2.05) is 22.7 Å². The number of thiophene rings is 2. The van der Waals surface area contributed by atoms with E-state index in [0.717, 1.165) is 0 Å². The largest absolute Gasteiger partial charge is 0.135 e. The van der Waals surface area contributed by atoms with Crippen LogP contribution in [-0.2, 0) is 5.41 Å². The lowest BCUT2D eigenvalue weighted by atomic mass is 9.82. The van der Waals surface area contributed by atoms with Crippen molar-refractivity contribution in [3.05, 3.63) is 145 Å². The molecule has 0 aliphatic carbocycles. The quantitative estimate of drug-likeness (QED) is 0.164. The van der Waals surface area contributed by atoms with E-state index in [1.165, 1.54) is 100 Å². The Bertz CT molecular complexity index is 2870. The molecule has 10 rings (SSSR count). The molecule has 228 valence electrons. The Hall–Kier alpha value is -5.02. The van der Waals surface area contributed by atoms with Gasteiger partial charge in [-0.05, 0) is 78.9 Å². The molecule has 2 heteroatoms. The lowest BCUT2D eigenvalue weighted by Gasteiger charge is -2.22. The minimum absolute atomic E-state index is 0.0681. The van der Waals surface area contributed by atoms with Crippen molar-refractivity contribution in [1.82, 2.24) is 0 Å². The number of benzene rings is 8. The van der Waals surface area contributed by atoms with Gasteiger partial charge in [-0.2, -0.15) is 0 Å². The summed E-state index contributed by atoms with van der Waals surface area (Å²) in [5.74, 6) is 0. The van der Waals surface area contributed by atoms with Crippen LogP contribution in [0.3, 0.4) is 0 Å². The fourth-order valence-corrected chi connectivity index (χ4v) is 10.3. The summed E-state index contributed by atoms with van der Waals surface area (Å²) in [5.41, 5.74) is 6.66. The molecule has 48 heavy (non-hydrogen) atoms. The van der Waals surface area contributed by atoms with Crippen LogP contribution in [0.4, 0.5) is 0 Å². The van der Waals surface area contributed by atoms with Crippen LogP contribution in [0.2, 0.25) is 0 Å². The second kappa shape index (κ2) is 10.2. The summed E-state index contributed by atoms with van der Waals surface area (Å²) in [7, 11) is 0. The van der Waals surface area contributed by atoms with E-state index in [1.54, 1.807) is 0 Å². The van der Waals surface area contributed by atoms with Crippen LogP contribution in [0.5, 0.6) is 0 Å². The Morgan fingerprint density at radius 1 is 0.417 bits per heavy atom. The van der Waals surface area contributed by atoms with E-state index in [9.17, 15) is 0 Å². The number of fused-ring (bicyclic) bond motifs is 11. The van der Waals surface area contributed by atoms with Crippen LogP contribution in [0.25, 0.3) is 94.9 Å². The Balaban J connectivity index is 1.40. The average molecular weight is 649 g/mol. The van der Waals surface area contributed by atoms with Gasteiger partial charge in [0.15, 0.2) is 0 Å². The topological polar surface area (TPSA) is 0 Å². The van der Waals surface area contributed by atoms with Crippen LogP contribution < -0.4 is 0 Å². The zero-order chi connectivity index (χ0) is 32.1. The molecule has 0 unspecified atom stereocenters. The van der Waals surface area contributed by atoms with Gasteiger partial charge in [-0.15, -0.1) is 22.7 Å². The van der Waals surface area contributed by atoms with Gasteiger partial charge in [0.05, 0.1) is 0 Å². The van der Waals surface area contributed by atoms with E-state index in [-0.39, 0.29) is 5.41 Å². The highest BCUT2D eigenvalue weighted by atomic mass is 32.1. The second-order valence-electron chi connectivity index (χ2n) is 14.0. The van der Waals surface area contributed by atoms with Gasteiger partial charge in [-0.25, -0.2) is 0 Å². The summed E-state index contributed by atoms with van der Waals surface area (Å²) in [5, 5.41) is 13.3. The molecule has 2 aromatic heterocycles. The van der Waals surface area contributed by atoms with Gasteiger partial charge in [0.2, 0.25) is 0 Å². The summed E-state index contributed by atoms with van der Waals surface area (Å²) in [4.78, 5) is 0. The first-order chi connectivity index (χ1) is 23.5. The SMILES string of the molecule is CC(C)(C)c1cccc(-c2c3ccccc3c(-c3cc4ccc5sc6ccccc6c5c4c4c3sc3ccccc34)c3ccccc23)c1. The van der Waals surface area contributed by atoms with Crippen molar-refractivity contribution in [2.45, 2.75) is 26.2 Å².